The van der Waals surface area contributed by atoms with E-state index in [0.29, 0.717) is 6.10 Å². The van der Waals surface area contributed by atoms with E-state index in [1.54, 1.807) is 0 Å². The summed E-state index contributed by atoms with van der Waals surface area (Å²) >= 11 is 0. The molecule has 2 rings (SSSR count). The Kier molecular flexibility index (Phi) is 3.31. The predicted octanol–water partition coefficient (Wildman–Crippen LogP) is 3.08. The van der Waals surface area contributed by atoms with E-state index in [1.807, 2.05) is 0 Å². The number of halogens is 2. The van der Waals surface area contributed by atoms with Crippen LogP contribution in [0.15, 0.2) is 18.2 Å². The molecule has 1 aliphatic rings. The minimum atomic E-state index is -0.490. The zero-order valence-electron chi connectivity index (χ0n) is 8.51. The number of unbranched alkanes of at least 4 members (excludes halogenated alkanes) is 1. The summed E-state index contributed by atoms with van der Waals surface area (Å²) in [7, 11) is 0. The summed E-state index contributed by atoms with van der Waals surface area (Å²) in [6, 6.07) is 3.70. The quantitative estimate of drug-likeness (QED) is 0.539. The molecule has 0 spiro atoms. The van der Waals surface area contributed by atoms with Gasteiger partial charge >= 0.3 is 0 Å². The van der Waals surface area contributed by atoms with Gasteiger partial charge in [0.1, 0.15) is 11.6 Å². The highest BCUT2D eigenvalue weighted by Gasteiger charge is 2.20. The number of aryl methyl sites for hydroxylation is 1. The van der Waals surface area contributed by atoms with Crippen molar-refractivity contribution in [3.05, 3.63) is 35.4 Å². The molecule has 0 N–H and O–H groups in total. The summed E-state index contributed by atoms with van der Waals surface area (Å²) in [6.45, 7) is 0.884. The maximum Gasteiger partial charge on any atom is 0.126 e. The highest BCUT2D eigenvalue weighted by atomic mass is 19.1. The molecule has 1 saturated heterocycles. The molecular weight excluding hydrogens is 198 g/mol. The van der Waals surface area contributed by atoms with Crippen molar-refractivity contribution in [2.75, 3.05) is 6.61 Å². The molecule has 0 saturated carbocycles. The van der Waals surface area contributed by atoms with E-state index in [4.69, 9.17) is 4.74 Å². The molecule has 1 aromatic rings. The van der Waals surface area contributed by atoms with Gasteiger partial charge in [0.15, 0.2) is 0 Å². The van der Waals surface area contributed by atoms with E-state index in [-0.39, 0.29) is 0 Å². The predicted molar refractivity (Wildman–Crippen MR) is 53.7 cm³/mol. The van der Waals surface area contributed by atoms with Crippen LogP contribution in [0.2, 0.25) is 0 Å². The van der Waals surface area contributed by atoms with Crippen LogP contribution in [-0.2, 0) is 11.2 Å². The van der Waals surface area contributed by atoms with Gasteiger partial charge in [0.2, 0.25) is 0 Å². The van der Waals surface area contributed by atoms with Crippen molar-refractivity contribution in [3.8, 4) is 0 Å². The minimum absolute atomic E-state index is 0.453. The van der Waals surface area contributed by atoms with Gasteiger partial charge in [-0.3, -0.25) is 0 Å². The van der Waals surface area contributed by atoms with Gasteiger partial charge in [0, 0.05) is 6.07 Å². The summed E-state index contributed by atoms with van der Waals surface area (Å²) in [5.74, 6) is -0.981. The van der Waals surface area contributed by atoms with Crippen LogP contribution in [-0.4, -0.2) is 12.7 Å². The second-order valence-corrected chi connectivity index (χ2v) is 3.98. The zero-order chi connectivity index (χ0) is 10.7. The van der Waals surface area contributed by atoms with E-state index < -0.39 is 11.6 Å². The van der Waals surface area contributed by atoms with Gasteiger partial charge < -0.3 is 4.74 Å². The van der Waals surface area contributed by atoms with Crippen LogP contribution in [0.5, 0.6) is 0 Å². The highest BCUT2D eigenvalue weighted by molar-refractivity contribution is 5.17. The van der Waals surface area contributed by atoms with Crippen LogP contribution in [0, 0.1) is 11.6 Å². The third-order valence-corrected chi connectivity index (χ3v) is 2.57. The summed E-state index contributed by atoms with van der Waals surface area (Å²) in [5, 5.41) is 0. The van der Waals surface area contributed by atoms with Crippen molar-refractivity contribution in [3.63, 3.8) is 0 Å². The first-order valence-electron chi connectivity index (χ1n) is 5.30. The second kappa shape index (κ2) is 4.71. The minimum Gasteiger partial charge on any atom is -0.373 e. The lowest BCUT2D eigenvalue weighted by Crippen LogP contribution is -1.91. The van der Waals surface area contributed by atoms with Crippen LogP contribution >= 0.6 is 0 Å². The molecule has 1 atom stereocenters. The van der Waals surface area contributed by atoms with E-state index in [9.17, 15) is 8.78 Å². The molecule has 1 aliphatic heterocycles. The molecule has 0 aliphatic carbocycles. The Morgan fingerprint density at radius 1 is 1.13 bits per heavy atom. The Labute approximate surface area is 88.1 Å². The first-order chi connectivity index (χ1) is 7.24. The molecule has 3 heteroatoms. The Hall–Kier alpha value is -0.960. The molecule has 1 fully saturated rings. The topological polar surface area (TPSA) is 12.5 Å². The number of hydrogen-bond acceptors (Lipinski definition) is 1. The van der Waals surface area contributed by atoms with E-state index in [2.05, 4.69) is 0 Å². The molecular formula is C12H14F2O. The molecule has 1 nitrogen and oxygen atoms in total. The number of rotatable bonds is 5. The highest BCUT2D eigenvalue weighted by Crippen LogP contribution is 2.18. The van der Waals surface area contributed by atoms with Crippen LogP contribution in [0.4, 0.5) is 8.78 Å². The van der Waals surface area contributed by atoms with E-state index in [0.717, 1.165) is 43.9 Å². The molecule has 0 aromatic heterocycles. The normalized spacial score (nSPS) is 19.2. The molecule has 1 aromatic carbocycles. The SMILES string of the molecule is Fc1cc(F)cc(CCCCC2CO2)c1. The fourth-order valence-corrected chi connectivity index (χ4v) is 1.69. The van der Waals surface area contributed by atoms with Gasteiger partial charge in [-0.15, -0.1) is 0 Å². The van der Waals surface area contributed by atoms with E-state index in [1.165, 1.54) is 12.1 Å². The van der Waals surface area contributed by atoms with Crippen molar-refractivity contribution >= 4 is 0 Å². The Bertz CT molecular complexity index is 314. The fourth-order valence-electron chi connectivity index (χ4n) is 1.69. The maximum absolute atomic E-state index is 12.8. The zero-order valence-corrected chi connectivity index (χ0v) is 8.51. The van der Waals surface area contributed by atoms with Crippen molar-refractivity contribution in [2.45, 2.75) is 31.8 Å². The first kappa shape index (κ1) is 10.6. The van der Waals surface area contributed by atoms with Crippen molar-refractivity contribution in [2.24, 2.45) is 0 Å². The second-order valence-electron chi connectivity index (χ2n) is 3.98. The molecule has 0 bridgehead atoms. The molecule has 82 valence electrons. The van der Waals surface area contributed by atoms with Gasteiger partial charge in [-0.2, -0.15) is 0 Å². The number of epoxide rings is 1. The van der Waals surface area contributed by atoms with Gasteiger partial charge in [-0.1, -0.05) is 6.42 Å². The average Bonchev–Trinajstić information content (AvgIpc) is 2.94. The standard InChI is InChI=1S/C12H14F2O/c13-10-5-9(6-11(14)7-10)3-1-2-4-12-8-15-12/h5-7,12H,1-4,8H2. The van der Waals surface area contributed by atoms with Gasteiger partial charge in [0.05, 0.1) is 12.7 Å². The Morgan fingerprint density at radius 2 is 1.80 bits per heavy atom. The third-order valence-electron chi connectivity index (χ3n) is 2.57. The summed E-state index contributed by atoms with van der Waals surface area (Å²) in [6.07, 6.45) is 4.28. The number of ether oxygens (including phenoxy) is 1. The van der Waals surface area contributed by atoms with Gasteiger partial charge in [-0.25, -0.2) is 8.78 Å². The molecule has 0 amide bonds. The lowest BCUT2D eigenvalue weighted by atomic mass is 10.1. The monoisotopic (exact) mass is 212 g/mol. The lowest BCUT2D eigenvalue weighted by Gasteiger charge is -2.01. The van der Waals surface area contributed by atoms with Gasteiger partial charge in [0.25, 0.3) is 0 Å². The molecule has 1 unspecified atom stereocenters. The van der Waals surface area contributed by atoms with Crippen LogP contribution in [0.1, 0.15) is 24.8 Å². The van der Waals surface area contributed by atoms with Crippen LogP contribution < -0.4 is 0 Å². The molecule has 0 radical (unpaired) electrons. The number of hydrogen-bond donors (Lipinski definition) is 0. The Balaban J connectivity index is 1.76. The lowest BCUT2D eigenvalue weighted by molar-refractivity contribution is 0.389. The first-order valence-corrected chi connectivity index (χ1v) is 5.30. The summed E-state index contributed by atoms with van der Waals surface area (Å²) < 4.78 is 30.7. The number of benzene rings is 1. The van der Waals surface area contributed by atoms with E-state index >= 15 is 0 Å². The third kappa shape index (κ3) is 3.59. The van der Waals surface area contributed by atoms with Crippen LogP contribution in [0.3, 0.4) is 0 Å². The average molecular weight is 212 g/mol. The van der Waals surface area contributed by atoms with Gasteiger partial charge in [-0.05, 0) is 37.0 Å². The fraction of sp³-hybridized carbons (Fsp3) is 0.500. The maximum atomic E-state index is 12.8. The largest absolute Gasteiger partial charge is 0.373 e. The summed E-state index contributed by atoms with van der Waals surface area (Å²) in [4.78, 5) is 0. The molecule has 15 heavy (non-hydrogen) atoms. The van der Waals surface area contributed by atoms with Crippen molar-refractivity contribution < 1.29 is 13.5 Å². The van der Waals surface area contributed by atoms with Crippen molar-refractivity contribution in [1.82, 2.24) is 0 Å². The van der Waals surface area contributed by atoms with Crippen molar-refractivity contribution in [1.29, 1.82) is 0 Å². The Morgan fingerprint density at radius 3 is 2.40 bits per heavy atom. The van der Waals surface area contributed by atoms with Crippen LogP contribution in [0.25, 0.3) is 0 Å². The molecule has 1 heterocycles. The summed E-state index contributed by atoms with van der Waals surface area (Å²) in [5.41, 5.74) is 0.740. The smallest absolute Gasteiger partial charge is 0.126 e.